The maximum absolute atomic E-state index is 11.6. The van der Waals surface area contributed by atoms with E-state index in [1.54, 1.807) is 0 Å². The van der Waals surface area contributed by atoms with E-state index in [0.717, 1.165) is 17.5 Å². The Morgan fingerprint density at radius 1 is 1.05 bits per heavy atom. The first-order valence-electron chi connectivity index (χ1n) is 6.61. The number of para-hydroxylation sites is 1. The number of carbonyl (C=O) groups excluding carboxylic acids is 1. The summed E-state index contributed by atoms with van der Waals surface area (Å²) in [7, 11) is 0. The van der Waals surface area contributed by atoms with Crippen molar-refractivity contribution in [1.29, 1.82) is 0 Å². The van der Waals surface area contributed by atoms with E-state index in [9.17, 15) is 4.79 Å². The van der Waals surface area contributed by atoms with Crippen molar-refractivity contribution in [1.82, 2.24) is 4.57 Å². The number of fused-ring (bicyclic) bond motifs is 5. The van der Waals surface area contributed by atoms with Crippen LogP contribution in [0.25, 0.3) is 22.2 Å². The first-order valence-corrected chi connectivity index (χ1v) is 7.60. The first-order chi connectivity index (χ1) is 9.81. The second-order valence-corrected chi connectivity index (χ2v) is 6.16. The fourth-order valence-electron chi connectivity index (χ4n) is 3.13. The number of hydrogen-bond acceptors (Lipinski definition) is 1. The molecule has 4 rings (SSSR count). The van der Waals surface area contributed by atoms with Crippen LogP contribution in [0.15, 0.2) is 54.6 Å². The van der Waals surface area contributed by atoms with E-state index in [2.05, 4.69) is 57.0 Å². The molecular weight excluding hydrogens is 313 g/mol. The molecule has 1 aromatic heterocycles. The molecular formula is C17H12NOSe. The van der Waals surface area contributed by atoms with Gasteiger partial charge in [0.05, 0.1) is 0 Å². The van der Waals surface area contributed by atoms with Crippen LogP contribution < -0.4 is 0 Å². The Kier molecular flexibility index (Phi) is 2.59. The van der Waals surface area contributed by atoms with Gasteiger partial charge in [0.1, 0.15) is 0 Å². The summed E-state index contributed by atoms with van der Waals surface area (Å²) in [5, 5.41) is 1.18. The molecule has 97 valence electrons. The van der Waals surface area contributed by atoms with Crippen LogP contribution in [0.3, 0.4) is 0 Å². The molecule has 3 aromatic rings. The standard InChI is InChI=1S/C17H12NOSe/c19-10-16-17(20)13-7-3-2-6-12(13)15-9-11-5-1-4-8-14(11)18(15)16/h1-10,16-17H. The maximum atomic E-state index is 11.6. The average Bonchev–Trinajstić information content (AvgIpc) is 2.88. The Morgan fingerprint density at radius 3 is 2.65 bits per heavy atom. The van der Waals surface area contributed by atoms with Crippen LogP contribution in [0.1, 0.15) is 16.4 Å². The van der Waals surface area contributed by atoms with Crippen LogP contribution in [0, 0.1) is 0 Å². The molecule has 1 aliphatic rings. The van der Waals surface area contributed by atoms with Gasteiger partial charge in [0.15, 0.2) is 0 Å². The Balaban J connectivity index is 2.14. The summed E-state index contributed by atoms with van der Waals surface area (Å²) >= 11 is 3.18. The van der Waals surface area contributed by atoms with Crippen LogP contribution in [-0.2, 0) is 4.79 Å². The predicted molar refractivity (Wildman–Crippen MR) is 81.0 cm³/mol. The van der Waals surface area contributed by atoms with Crippen LogP contribution in [0.4, 0.5) is 0 Å². The first kappa shape index (κ1) is 12.0. The molecule has 20 heavy (non-hydrogen) atoms. The van der Waals surface area contributed by atoms with Crippen molar-refractivity contribution in [3.8, 4) is 11.3 Å². The normalized spacial score (nSPS) is 20.4. The Morgan fingerprint density at radius 2 is 1.80 bits per heavy atom. The summed E-state index contributed by atoms with van der Waals surface area (Å²) in [6, 6.07) is 18.5. The third-order valence-electron chi connectivity index (χ3n) is 4.04. The van der Waals surface area contributed by atoms with Crippen molar-refractivity contribution in [3.05, 3.63) is 60.2 Å². The zero-order chi connectivity index (χ0) is 13.7. The molecule has 0 N–H and O–H groups in total. The van der Waals surface area contributed by atoms with Gasteiger partial charge < -0.3 is 0 Å². The van der Waals surface area contributed by atoms with Gasteiger partial charge in [0.2, 0.25) is 0 Å². The number of nitrogens with zero attached hydrogens (tertiary/aromatic N) is 1. The SMILES string of the molecule is O=CC1C([Se])c2ccccc2-c2cc3ccccc3n21. The van der Waals surface area contributed by atoms with Gasteiger partial charge >= 0.3 is 125 Å². The van der Waals surface area contributed by atoms with Crippen molar-refractivity contribution in [3.63, 3.8) is 0 Å². The Bertz CT molecular complexity index is 821. The molecule has 0 amide bonds. The van der Waals surface area contributed by atoms with Gasteiger partial charge in [-0.15, -0.1) is 0 Å². The van der Waals surface area contributed by atoms with Crippen molar-refractivity contribution < 1.29 is 4.79 Å². The van der Waals surface area contributed by atoms with Crippen LogP contribution in [0.5, 0.6) is 0 Å². The van der Waals surface area contributed by atoms with Gasteiger partial charge in [0.25, 0.3) is 0 Å². The number of hydrogen-bond donors (Lipinski definition) is 0. The minimum atomic E-state index is -0.181. The van der Waals surface area contributed by atoms with Crippen LogP contribution >= 0.6 is 0 Å². The number of benzene rings is 2. The van der Waals surface area contributed by atoms with Crippen LogP contribution in [0.2, 0.25) is 0 Å². The van der Waals surface area contributed by atoms with Gasteiger partial charge in [0, 0.05) is 0 Å². The van der Waals surface area contributed by atoms with E-state index in [4.69, 9.17) is 0 Å². The van der Waals surface area contributed by atoms with Gasteiger partial charge in [-0.25, -0.2) is 0 Å². The second kappa shape index (κ2) is 4.34. The van der Waals surface area contributed by atoms with Gasteiger partial charge in [-0.05, 0) is 0 Å². The topological polar surface area (TPSA) is 22.0 Å². The minimum absolute atomic E-state index is 0.0759. The van der Waals surface area contributed by atoms with Gasteiger partial charge in [-0.3, -0.25) is 0 Å². The third-order valence-corrected chi connectivity index (χ3v) is 5.16. The van der Waals surface area contributed by atoms with Crippen molar-refractivity contribution in [2.24, 2.45) is 0 Å². The molecule has 1 aliphatic heterocycles. The van der Waals surface area contributed by atoms with E-state index in [1.165, 1.54) is 16.5 Å². The molecule has 0 aliphatic carbocycles. The molecule has 2 heterocycles. The third kappa shape index (κ3) is 1.48. The van der Waals surface area contributed by atoms with E-state index in [1.807, 2.05) is 18.2 Å². The summed E-state index contributed by atoms with van der Waals surface area (Å²) in [6.45, 7) is 0. The van der Waals surface area contributed by atoms with Crippen LogP contribution in [-0.4, -0.2) is 26.9 Å². The number of rotatable bonds is 1. The summed E-state index contributed by atoms with van der Waals surface area (Å²) in [6.07, 6.45) is 1.05. The number of aldehydes is 1. The molecule has 0 spiro atoms. The molecule has 2 aromatic carbocycles. The second-order valence-electron chi connectivity index (χ2n) is 5.09. The molecule has 2 atom stereocenters. The predicted octanol–water partition coefficient (Wildman–Crippen LogP) is 3.27. The average molecular weight is 325 g/mol. The Labute approximate surface area is 125 Å². The van der Waals surface area contributed by atoms with Gasteiger partial charge in [-0.2, -0.15) is 0 Å². The van der Waals surface area contributed by atoms with Crippen molar-refractivity contribution in [2.45, 2.75) is 10.9 Å². The zero-order valence-electron chi connectivity index (χ0n) is 10.7. The molecule has 0 fully saturated rings. The van der Waals surface area contributed by atoms with E-state index in [-0.39, 0.29) is 10.9 Å². The molecule has 0 saturated carbocycles. The molecule has 3 heteroatoms. The van der Waals surface area contributed by atoms with E-state index < -0.39 is 0 Å². The fraction of sp³-hybridized carbons (Fsp3) is 0.118. The molecule has 0 bridgehead atoms. The molecule has 0 saturated heterocycles. The van der Waals surface area contributed by atoms with Gasteiger partial charge in [-0.1, -0.05) is 0 Å². The van der Waals surface area contributed by atoms with E-state index >= 15 is 0 Å². The van der Waals surface area contributed by atoms with Crippen molar-refractivity contribution in [2.75, 3.05) is 0 Å². The zero-order valence-corrected chi connectivity index (χ0v) is 12.4. The quantitative estimate of drug-likeness (QED) is 0.497. The summed E-state index contributed by atoms with van der Waals surface area (Å²) < 4.78 is 2.16. The summed E-state index contributed by atoms with van der Waals surface area (Å²) in [5.41, 5.74) is 4.67. The monoisotopic (exact) mass is 326 g/mol. The fourth-order valence-corrected chi connectivity index (χ4v) is 3.96. The van der Waals surface area contributed by atoms with E-state index in [0.29, 0.717) is 0 Å². The number of carbonyl (C=O) groups is 1. The molecule has 1 radical (unpaired) electrons. The summed E-state index contributed by atoms with van der Waals surface area (Å²) in [5.74, 6) is 0. The molecule has 2 unspecified atom stereocenters. The van der Waals surface area contributed by atoms with Crippen molar-refractivity contribution >= 4 is 33.2 Å². The summed E-state index contributed by atoms with van der Waals surface area (Å²) in [4.78, 5) is 11.7. The molecule has 2 nitrogen and oxygen atoms in total. The Hall–Kier alpha value is -1.83. The number of aromatic nitrogens is 1.